The van der Waals surface area contributed by atoms with Crippen LogP contribution in [0.4, 0.5) is 5.69 Å². The van der Waals surface area contributed by atoms with Crippen molar-refractivity contribution in [3.8, 4) is 0 Å². The summed E-state index contributed by atoms with van der Waals surface area (Å²) in [5.74, 6) is -0.161. The third kappa shape index (κ3) is 3.12. The van der Waals surface area contributed by atoms with Gasteiger partial charge in [-0.2, -0.15) is 0 Å². The van der Waals surface area contributed by atoms with Crippen molar-refractivity contribution in [2.45, 2.75) is 39.3 Å². The minimum atomic E-state index is -0.270. The molecule has 1 aliphatic rings. The molecule has 0 aliphatic carbocycles. The van der Waals surface area contributed by atoms with Crippen molar-refractivity contribution >= 4 is 11.7 Å². The lowest BCUT2D eigenvalue weighted by Gasteiger charge is -2.29. The molecule has 0 spiro atoms. The zero-order valence-corrected chi connectivity index (χ0v) is 12.6. The molecule has 1 aliphatic heterocycles. The number of anilines is 1. The van der Waals surface area contributed by atoms with Gasteiger partial charge in [0.2, 0.25) is 0 Å². The van der Waals surface area contributed by atoms with Crippen LogP contribution in [0.15, 0.2) is 24.3 Å². The molecule has 0 bridgehead atoms. The summed E-state index contributed by atoms with van der Waals surface area (Å²) in [6.07, 6.45) is 1.04. The Morgan fingerprint density at radius 2 is 2.20 bits per heavy atom. The van der Waals surface area contributed by atoms with Crippen LogP contribution in [-0.4, -0.2) is 37.7 Å². The molecule has 4 heteroatoms. The van der Waals surface area contributed by atoms with Crippen LogP contribution in [0, 0.1) is 0 Å². The highest BCUT2D eigenvalue weighted by Gasteiger charge is 2.30. The molecule has 1 aromatic carbocycles. The summed E-state index contributed by atoms with van der Waals surface area (Å²) in [4.78, 5) is 14.3. The maximum absolute atomic E-state index is 12.0. The molecule has 110 valence electrons. The minimum absolute atomic E-state index is 0.161. The first-order chi connectivity index (χ1) is 9.67. The molecule has 2 unspecified atom stereocenters. The number of benzene rings is 1. The van der Waals surface area contributed by atoms with Gasteiger partial charge >= 0.3 is 5.97 Å². The number of carbonyl (C=O) groups is 1. The molecule has 0 saturated carbocycles. The van der Waals surface area contributed by atoms with Gasteiger partial charge in [-0.3, -0.25) is 4.79 Å². The molecule has 2 atom stereocenters. The quantitative estimate of drug-likeness (QED) is 0.807. The first-order valence-electron chi connectivity index (χ1n) is 7.41. The van der Waals surface area contributed by atoms with Gasteiger partial charge in [-0.1, -0.05) is 25.1 Å². The fourth-order valence-electron chi connectivity index (χ4n) is 2.82. The Hall–Kier alpha value is -1.55. The molecule has 0 amide bonds. The van der Waals surface area contributed by atoms with E-state index in [9.17, 15) is 4.79 Å². The average Bonchev–Trinajstić information content (AvgIpc) is 2.75. The number of nitrogens with one attached hydrogen (secondary N) is 1. The minimum Gasteiger partial charge on any atom is -0.465 e. The Labute approximate surface area is 121 Å². The monoisotopic (exact) mass is 276 g/mol. The van der Waals surface area contributed by atoms with E-state index in [1.54, 1.807) is 0 Å². The first kappa shape index (κ1) is 14.9. The van der Waals surface area contributed by atoms with E-state index >= 15 is 0 Å². The summed E-state index contributed by atoms with van der Waals surface area (Å²) in [5, 5.41) is 3.23. The van der Waals surface area contributed by atoms with Crippen molar-refractivity contribution < 1.29 is 9.53 Å². The van der Waals surface area contributed by atoms with Gasteiger partial charge in [-0.25, -0.2) is 0 Å². The zero-order chi connectivity index (χ0) is 14.5. The summed E-state index contributed by atoms with van der Waals surface area (Å²) >= 11 is 0. The second-order valence-corrected chi connectivity index (χ2v) is 5.20. The van der Waals surface area contributed by atoms with E-state index in [-0.39, 0.29) is 12.0 Å². The van der Waals surface area contributed by atoms with E-state index in [0.717, 1.165) is 13.0 Å². The van der Waals surface area contributed by atoms with Gasteiger partial charge in [0.1, 0.15) is 6.04 Å². The van der Waals surface area contributed by atoms with Crippen LogP contribution >= 0.6 is 0 Å². The molecule has 20 heavy (non-hydrogen) atoms. The maximum Gasteiger partial charge on any atom is 0.324 e. The highest BCUT2D eigenvalue weighted by molar-refractivity contribution is 5.77. The average molecular weight is 276 g/mol. The van der Waals surface area contributed by atoms with E-state index in [2.05, 4.69) is 41.4 Å². The smallest absolute Gasteiger partial charge is 0.324 e. The molecule has 0 saturated heterocycles. The van der Waals surface area contributed by atoms with Crippen molar-refractivity contribution in [2.75, 3.05) is 24.6 Å². The SMILES string of the molecule is CCNC(CN1c2ccccc2CC1C)C(=O)OCC. The van der Waals surface area contributed by atoms with Crippen LogP contribution in [0.25, 0.3) is 0 Å². The number of fused-ring (bicyclic) bond motifs is 1. The molecular weight excluding hydrogens is 252 g/mol. The number of carbonyl (C=O) groups excluding carboxylic acids is 1. The van der Waals surface area contributed by atoms with E-state index in [0.29, 0.717) is 19.2 Å². The van der Waals surface area contributed by atoms with E-state index in [1.165, 1.54) is 11.3 Å². The van der Waals surface area contributed by atoms with Crippen LogP contribution in [0.3, 0.4) is 0 Å². The van der Waals surface area contributed by atoms with E-state index in [1.807, 2.05) is 13.8 Å². The van der Waals surface area contributed by atoms with Gasteiger partial charge < -0.3 is 15.0 Å². The standard InChI is InChI=1S/C16H24N2O2/c1-4-17-14(16(19)20-5-2)11-18-12(3)10-13-8-6-7-9-15(13)18/h6-9,12,14,17H,4-5,10-11H2,1-3H3. The largest absolute Gasteiger partial charge is 0.465 e. The predicted molar refractivity (Wildman–Crippen MR) is 81.1 cm³/mol. The van der Waals surface area contributed by atoms with Crippen molar-refractivity contribution in [3.05, 3.63) is 29.8 Å². The third-order valence-corrected chi connectivity index (χ3v) is 3.75. The molecule has 1 N–H and O–H groups in total. The molecule has 1 aromatic rings. The lowest BCUT2D eigenvalue weighted by molar-refractivity contribution is -0.145. The first-order valence-corrected chi connectivity index (χ1v) is 7.41. The van der Waals surface area contributed by atoms with Gasteiger partial charge in [0.05, 0.1) is 6.61 Å². The normalized spacial score (nSPS) is 18.8. The summed E-state index contributed by atoms with van der Waals surface area (Å²) < 4.78 is 5.16. The predicted octanol–water partition coefficient (Wildman–Crippen LogP) is 1.98. The van der Waals surface area contributed by atoms with Crippen LogP contribution in [0.2, 0.25) is 0 Å². The molecular formula is C16H24N2O2. The van der Waals surface area contributed by atoms with Crippen molar-refractivity contribution in [2.24, 2.45) is 0 Å². The Balaban J connectivity index is 2.12. The number of likely N-dealkylation sites (N-methyl/N-ethyl adjacent to an activating group) is 1. The zero-order valence-electron chi connectivity index (χ0n) is 12.6. The Kier molecular flexibility index (Phi) is 5.01. The number of esters is 1. The van der Waals surface area contributed by atoms with Crippen molar-refractivity contribution in [1.82, 2.24) is 5.32 Å². The number of hydrogen-bond acceptors (Lipinski definition) is 4. The van der Waals surface area contributed by atoms with Gasteiger partial charge in [-0.15, -0.1) is 0 Å². The van der Waals surface area contributed by atoms with Crippen LogP contribution < -0.4 is 10.2 Å². The maximum atomic E-state index is 12.0. The number of rotatable bonds is 6. The van der Waals surface area contributed by atoms with Crippen LogP contribution in [-0.2, 0) is 16.0 Å². The Bertz CT molecular complexity index is 462. The summed E-state index contributed by atoms with van der Waals surface area (Å²) in [6.45, 7) is 7.89. The highest BCUT2D eigenvalue weighted by Crippen LogP contribution is 2.31. The molecule has 0 aromatic heterocycles. The van der Waals surface area contributed by atoms with Crippen molar-refractivity contribution in [1.29, 1.82) is 0 Å². The Morgan fingerprint density at radius 1 is 1.45 bits per heavy atom. The molecule has 4 nitrogen and oxygen atoms in total. The number of para-hydroxylation sites is 1. The Morgan fingerprint density at radius 3 is 2.90 bits per heavy atom. The van der Waals surface area contributed by atoms with Crippen molar-refractivity contribution in [3.63, 3.8) is 0 Å². The fraction of sp³-hybridized carbons (Fsp3) is 0.562. The number of hydrogen-bond donors (Lipinski definition) is 1. The van der Waals surface area contributed by atoms with Gasteiger partial charge in [0, 0.05) is 18.3 Å². The van der Waals surface area contributed by atoms with E-state index in [4.69, 9.17) is 4.74 Å². The fourth-order valence-corrected chi connectivity index (χ4v) is 2.82. The van der Waals surface area contributed by atoms with E-state index < -0.39 is 0 Å². The van der Waals surface area contributed by atoms with Crippen LogP contribution in [0.5, 0.6) is 0 Å². The second-order valence-electron chi connectivity index (χ2n) is 5.20. The van der Waals surface area contributed by atoms with Gasteiger partial charge in [0.25, 0.3) is 0 Å². The highest BCUT2D eigenvalue weighted by atomic mass is 16.5. The van der Waals surface area contributed by atoms with Crippen LogP contribution in [0.1, 0.15) is 26.3 Å². The number of nitrogens with zero attached hydrogens (tertiary/aromatic N) is 1. The third-order valence-electron chi connectivity index (χ3n) is 3.75. The molecule has 0 radical (unpaired) electrons. The lowest BCUT2D eigenvalue weighted by Crippen LogP contribution is -2.48. The summed E-state index contributed by atoms with van der Waals surface area (Å²) in [5.41, 5.74) is 2.60. The molecule has 1 heterocycles. The van der Waals surface area contributed by atoms with Gasteiger partial charge in [-0.05, 0) is 38.4 Å². The topological polar surface area (TPSA) is 41.6 Å². The second kappa shape index (κ2) is 6.75. The molecule has 2 rings (SSSR count). The number of ether oxygens (including phenoxy) is 1. The summed E-state index contributed by atoms with van der Waals surface area (Å²) in [7, 11) is 0. The van der Waals surface area contributed by atoms with Gasteiger partial charge in [0.15, 0.2) is 0 Å². The lowest BCUT2D eigenvalue weighted by atomic mass is 10.1. The molecule has 0 fully saturated rings. The summed E-state index contributed by atoms with van der Waals surface area (Å²) in [6, 6.07) is 8.57.